The highest BCUT2D eigenvalue weighted by molar-refractivity contribution is 6.13. The molecule has 11 rings (SSSR count). The number of benzene rings is 7. The molecule has 0 spiro atoms. The average Bonchev–Trinajstić information content (AvgIpc) is 3.84. The van der Waals surface area contributed by atoms with Gasteiger partial charge in [-0.2, -0.15) is 0 Å². The molecule has 4 nitrogen and oxygen atoms in total. The van der Waals surface area contributed by atoms with Gasteiger partial charge in [0.15, 0.2) is 0 Å². The summed E-state index contributed by atoms with van der Waals surface area (Å²) in [4.78, 5) is 4.87. The number of para-hydroxylation sites is 5. The van der Waals surface area contributed by atoms with Crippen molar-refractivity contribution in [3.05, 3.63) is 182 Å². The van der Waals surface area contributed by atoms with Gasteiger partial charge in [-0.25, -0.2) is 0 Å². The van der Waals surface area contributed by atoms with Crippen molar-refractivity contribution in [1.29, 1.82) is 0 Å². The van der Waals surface area contributed by atoms with Gasteiger partial charge in [0.05, 0.1) is 44.5 Å². The molecule has 0 atom stereocenters. The van der Waals surface area contributed by atoms with Crippen molar-refractivity contribution in [2.45, 2.75) is 6.92 Å². The molecule has 0 unspecified atom stereocenters. The average molecular weight is 665 g/mol. The summed E-state index contributed by atoms with van der Waals surface area (Å²) in [5.74, 6) is 0. The Morgan fingerprint density at radius 2 is 0.808 bits per heavy atom. The van der Waals surface area contributed by atoms with Crippen molar-refractivity contribution in [3.63, 3.8) is 0 Å². The summed E-state index contributed by atoms with van der Waals surface area (Å²) in [6.07, 6.45) is 1.89. The Morgan fingerprint density at radius 3 is 1.33 bits per heavy atom. The van der Waals surface area contributed by atoms with E-state index in [4.69, 9.17) is 4.98 Å². The summed E-state index contributed by atoms with van der Waals surface area (Å²) >= 11 is 0. The molecule has 0 bridgehead atoms. The van der Waals surface area contributed by atoms with Crippen LogP contribution in [0.1, 0.15) is 5.56 Å². The fourth-order valence-corrected chi connectivity index (χ4v) is 8.59. The zero-order valence-electron chi connectivity index (χ0n) is 28.5. The van der Waals surface area contributed by atoms with Crippen molar-refractivity contribution in [1.82, 2.24) is 18.7 Å². The second kappa shape index (κ2) is 11.0. The van der Waals surface area contributed by atoms with E-state index in [1.807, 2.05) is 12.3 Å². The van der Waals surface area contributed by atoms with Crippen molar-refractivity contribution in [2.75, 3.05) is 0 Å². The fourth-order valence-electron chi connectivity index (χ4n) is 8.59. The van der Waals surface area contributed by atoms with Crippen LogP contribution in [0.5, 0.6) is 0 Å². The van der Waals surface area contributed by atoms with Crippen LogP contribution >= 0.6 is 0 Å². The SMILES string of the molecule is Cc1c(-c2ccccn2)cc(-n2c3ccccc3c3ccccc32)cc1-n1c2ccccc2c2cc(-n3c4ccccc4c4ccccc43)ccc21. The molecule has 0 aliphatic carbocycles. The normalized spacial score (nSPS) is 11.9. The molecule has 0 aliphatic heterocycles. The number of nitrogens with zero attached hydrogens (tertiary/aromatic N) is 4. The molecule has 0 aliphatic rings. The third kappa shape index (κ3) is 4.06. The minimum atomic E-state index is 0.957. The topological polar surface area (TPSA) is 27.7 Å². The maximum atomic E-state index is 4.87. The second-order valence-corrected chi connectivity index (χ2v) is 13.6. The van der Waals surface area contributed by atoms with Crippen LogP contribution in [0.4, 0.5) is 0 Å². The molecule has 4 heterocycles. The number of aromatic nitrogens is 4. The Balaban J connectivity index is 1.23. The van der Waals surface area contributed by atoms with Crippen LogP contribution in [0.15, 0.2) is 176 Å². The Hall–Kier alpha value is -6.91. The summed E-state index contributed by atoms with van der Waals surface area (Å²) in [6.45, 7) is 2.24. The number of pyridine rings is 1. The molecular formula is C48H32N4. The first-order valence-electron chi connectivity index (χ1n) is 17.8. The highest BCUT2D eigenvalue weighted by Crippen LogP contribution is 2.41. The van der Waals surface area contributed by atoms with Gasteiger partial charge in [-0.3, -0.25) is 4.98 Å². The van der Waals surface area contributed by atoms with Gasteiger partial charge in [0.25, 0.3) is 0 Å². The molecule has 0 saturated heterocycles. The van der Waals surface area contributed by atoms with Crippen LogP contribution in [-0.4, -0.2) is 18.7 Å². The zero-order chi connectivity index (χ0) is 34.3. The zero-order valence-corrected chi connectivity index (χ0v) is 28.5. The summed E-state index contributed by atoms with van der Waals surface area (Å²) in [5, 5.41) is 7.46. The van der Waals surface area contributed by atoms with Crippen LogP contribution in [0.3, 0.4) is 0 Å². The third-order valence-electron chi connectivity index (χ3n) is 10.9. The first kappa shape index (κ1) is 28.9. The Morgan fingerprint density at radius 1 is 0.365 bits per heavy atom. The molecular weight excluding hydrogens is 633 g/mol. The standard InChI is InChI=1S/C48H32N4/c1-31-39(41-19-12-13-27-49-41)29-33(51-44-22-9-4-16-36(44)37-17-5-10-23-45(37)51)30-48(31)52-46-24-11-6-18-38(46)40-28-32(25-26-47(40)52)50-42-20-7-2-14-34(42)35-15-3-8-21-43(35)50/h2-30H,1H3. The van der Waals surface area contributed by atoms with Crippen molar-refractivity contribution >= 4 is 65.4 Å². The Kier molecular flexibility index (Phi) is 6.13. The monoisotopic (exact) mass is 664 g/mol. The maximum Gasteiger partial charge on any atom is 0.0706 e. The van der Waals surface area contributed by atoms with Crippen LogP contribution in [0.2, 0.25) is 0 Å². The van der Waals surface area contributed by atoms with E-state index in [2.05, 4.69) is 184 Å². The van der Waals surface area contributed by atoms with Crippen LogP contribution in [0.25, 0.3) is 93.7 Å². The molecule has 11 aromatic rings. The molecule has 52 heavy (non-hydrogen) atoms. The summed E-state index contributed by atoms with van der Waals surface area (Å²) in [5.41, 5.74) is 13.8. The molecule has 4 aromatic heterocycles. The highest BCUT2D eigenvalue weighted by atomic mass is 15.0. The van der Waals surface area contributed by atoms with E-state index in [-0.39, 0.29) is 0 Å². The molecule has 244 valence electrons. The number of rotatable bonds is 4. The predicted octanol–water partition coefficient (Wildman–Crippen LogP) is 12.3. The van der Waals surface area contributed by atoms with E-state index in [1.54, 1.807) is 0 Å². The summed E-state index contributed by atoms with van der Waals surface area (Å²) in [7, 11) is 0. The molecule has 0 radical (unpaired) electrons. The highest BCUT2D eigenvalue weighted by Gasteiger charge is 2.21. The van der Waals surface area contributed by atoms with Crippen molar-refractivity contribution in [3.8, 4) is 28.3 Å². The third-order valence-corrected chi connectivity index (χ3v) is 10.9. The van der Waals surface area contributed by atoms with E-state index >= 15 is 0 Å². The van der Waals surface area contributed by atoms with Gasteiger partial charge in [-0.1, -0.05) is 97.1 Å². The van der Waals surface area contributed by atoms with E-state index in [1.165, 1.54) is 71.0 Å². The molecule has 0 saturated carbocycles. The smallest absolute Gasteiger partial charge is 0.0706 e. The molecule has 7 aromatic carbocycles. The lowest BCUT2D eigenvalue weighted by Crippen LogP contribution is -2.04. The second-order valence-electron chi connectivity index (χ2n) is 13.6. The number of hydrogen-bond donors (Lipinski definition) is 0. The van der Waals surface area contributed by atoms with Gasteiger partial charge in [-0.05, 0) is 85.3 Å². The molecule has 4 heteroatoms. The molecule has 0 N–H and O–H groups in total. The Bertz CT molecular complexity index is 3090. The molecule has 0 amide bonds. The van der Waals surface area contributed by atoms with Gasteiger partial charge in [-0.15, -0.1) is 0 Å². The van der Waals surface area contributed by atoms with Crippen LogP contribution in [-0.2, 0) is 0 Å². The summed E-state index contributed by atoms with van der Waals surface area (Å²) < 4.78 is 7.28. The largest absolute Gasteiger partial charge is 0.309 e. The fraction of sp³-hybridized carbons (Fsp3) is 0.0208. The lowest BCUT2D eigenvalue weighted by molar-refractivity contribution is 1.11. The predicted molar refractivity (Wildman–Crippen MR) is 217 cm³/mol. The maximum absolute atomic E-state index is 4.87. The lowest BCUT2D eigenvalue weighted by Gasteiger charge is -2.19. The summed E-state index contributed by atoms with van der Waals surface area (Å²) in [6, 6.07) is 61.5. The van der Waals surface area contributed by atoms with Gasteiger partial charge in [0.1, 0.15) is 0 Å². The van der Waals surface area contributed by atoms with Crippen LogP contribution in [0, 0.1) is 6.92 Å². The lowest BCUT2D eigenvalue weighted by atomic mass is 10.0. The van der Waals surface area contributed by atoms with Gasteiger partial charge in [0.2, 0.25) is 0 Å². The number of hydrogen-bond acceptors (Lipinski definition) is 1. The first-order valence-corrected chi connectivity index (χ1v) is 17.8. The van der Waals surface area contributed by atoms with E-state index in [0.29, 0.717) is 0 Å². The minimum Gasteiger partial charge on any atom is -0.309 e. The van der Waals surface area contributed by atoms with Crippen molar-refractivity contribution in [2.24, 2.45) is 0 Å². The van der Waals surface area contributed by atoms with Gasteiger partial charge < -0.3 is 13.7 Å². The first-order chi connectivity index (χ1) is 25.7. The quantitative estimate of drug-likeness (QED) is 0.184. The van der Waals surface area contributed by atoms with E-state index in [0.717, 1.165) is 28.3 Å². The van der Waals surface area contributed by atoms with Crippen molar-refractivity contribution < 1.29 is 0 Å². The Labute approximate surface area is 300 Å². The minimum absolute atomic E-state index is 0.957. The van der Waals surface area contributed by atoms with Gasteiger partial charge in [0, 0.05) is 55.5 Å². The van der Waals surface area contributed by atoms with Gasteiger partial charge >= 0.3 is 0 Å². The number of fused-ring (bicyclic) bond motifs is 9. The van der Waals surface area contributed by atoms with Crippen LogP contribution < -0.4 is 0 Å². The van der Waals surface area contributed by atoms with E-state index in [9.17, 15) is 0 Å². The van der Waals surface area contributed by atoms with E-state index < -0.39 is 0 Å². The molecule has 0 fully saturated rings.